The van der Waals surface area contributed by atoms with E-state index in [1.165, 1.54) is 0 Å². The highest BCUT2D eigenvalue weighted by Crippen LogP contribution is 2.41. The van der Waals surface area contributed by atoms with Crippen LogP contribution in [0.2, 0.25) is 6.82 Å². The molecule has 0 aromatic rings. The van der Waals surface area contributed by atoms with Crippen molar-refractivity contribution in [2.75, 3.05) is 27.4 Å². The quantitative estimate of drug-likeness (QED) is 0.618. The summed E-state index contributed by atoms with van der Waals surface area (Å²) in [6.45, 7) is 3.44. The van der Waals surface area contributed by atoms with Crippen LogP contribution in [0.5, 0.6) is 0 Å². The Kier molecular flexibility index (Phi) is 3.35. The third kappa shape index (κ3) is 1.71. The van der Waals surface area contributed by atoms with Gasteiger partial charge in [-0.25, -0.2) is 0 Å². The molecule has 0 radical (unpaired) electrons. The largest absolute Gasteiger partial charge is 0.382 e. The van der Waals surface area contributed by atoms with E-state index in [1.54, 1.807) is 14.2 Å². The average Bonchev–Trinajstić information content (AvgIpc) is 2.41. The highest BCUT2D eigenvalue weighted by Gasteiger charge is 2.57. The molecule has 2 aliphatic heterocycles. The first-order valence-corrected chi connectivity index (χ1v) is 5.58. The van der Waals surface area contributed by atoms with Crippen LogP contribution < -0.4 is 0 Å². The van der Waals surface area contributed by atoms with Crippen molar-refractivity contribution in [2.24, 2.45) is 0 Å². The first-order valence-electron chi connectivity index (χ1n) is 5.58. The van der Waals surface area contributed by atoms with Crippen LogP contribution in [0.25, 0.3) is 0 Å². The summed E-state index contributed by atoms with van der Waals surface area (Å²) < 4.78 is 22.6. The molecule has 0 aliphatic carbocycles. The number of ether oxygens (including phenoxy) is 4. The fourth-order valence-corrected chi connectivity index (χ4v) is 2.79. The van der Waals surface area contributed by atoms with E-state index in [-0.39, 0.29) is 23.8 Å². The van der Waals surface area contributed by atoms with Gasteiger partial charge in [0, 0.05) is 20.6 Å². The molecule has 0 aromatic carbocycles. The van der Waals surface area contributed by atoms with E-state index in [0.29, 0.717) is 6.61 Å². The molecule has 2 rings (SSSR count). The topological polar surface area (TPSA) is 36.9 Å². The molecule has 0 saturated carbocycles. The Morgan fingerprint density at radius 1 is 1.47 bits per heavy atom. The maximum Gasteiger partial charge on any atom is 0.158 e. The molecule has 2 heterocycles. The second-order valence-electron chi connectivity index (χ2n) is 4.30. The molecular formula is C10H19BO4. The molecule has 2 fully saturated rings. The van der Waals surface area contributed by atoms with Crippen molar-refractivity contribution in [1.29, 1.82) is 0 Å². The summed E-state index contributed by atoms with van der Waals surface area (Å²) in [6, 6.07) is 0.146. The third-order valence-corrected chi connectivity index (χ3v) is 3.45. The summed E-state index contributed by atoms with van der Waals surface area (Å²) in [5, 5.41) is 0. The zero-order chi connectivity index (χ0) is 10.9. The molecule has 2 aliphatic rings. The van der Waals surface area contributed by atoms with E-state index in [0.717, 1.165) is 20.3 Å². The van der Waals surface area contributed by atoms with Crippen molar-refractivity contribution >= 4 is 7.28 Å². The Morgan fingerprint density at radius 2 is 2.27 bits per heavy atom. The van der Waals surface area contributed by atoms with Crippen LogP contribution in [0.1, 0.15) is 6.42 Å². The van der Waals surface area contributed by atoms with Crippen molar-refractivity contribution in [3.05, 3.63) is 0 Å². The normalized spacial score (nSPS) is 44.3. The molecule has 2 bridgehead atoms. The SMILES string of the molecule is CBC1OC2(COC)CCOC1[C@H]2OC. The van der Waals surface area contributed by atoms with Gasteiger partial charge in [0.15, 0.2) is 7.28 Å². The lowest BCUT2D eigenvalue weighted by molar-refractivity contribution is -0.155. The number of methoxy groups -OCH3 is 2. The smallest absolute Gasteiger partial charge is 0.158 e. The summed E-state index contributed by atoms with van der Waals surface area (Å²) in [5.41, 5.74) is -0.285. The lowest BCUT2D eigenvalue weighted by atomic mass is 9.71. The number of hydrogen-bond acceptors (Lipinski definition) is 4. The summed E-state index contributed by atoms with van der Waals surface area (Å²) in [7, 11) is 4.38. The summed E-state index contributed by atoms with van der Waals surface area (Å²) in [4.78, 5) is 0. The minimum atomic E-state index is -0.285. The molecule has 5 heteroatoms. The van der Waals surface area contributed by atoms with Crippen LogP contribution in [-0.2, 0) is 18.9 Å². The van der Waals surface area contributed by atoms with E-state index in [4.69, 9.17) is 18.9 Å². The predicted octanol–water partition coefficient (Wildman–Crippen LogP) is 0.0164. The number of fused-ring (bicyclic) bond motifs is 2. The molecule has 0 spiro atoms. The average molecular weight is 214 g/mol. The standard InChI is InChI=1S/C10H19BO4/c1-11-9-7-8(13-3)10(15-9,6-12-2)4-5-14-7/h7-9,11H,4-6H2,1-3H3/t7?,8-,9?,10?/m1/s1. The lowest BCUT2D eigenvalue weighted by Crippen LogP contribution is -2.52. The van der Waals surface area contributed by atoms with Gasteiger partial charge in [-0.15, -0.1) is 0 Å². The molecule has 0 N–H and O–H groups in total. The summed E-state index contributed by atoms with van der Waals surface area (Å²) in [6.07, 6.45) is 0.937. The second-order valence-corrected chi connectivity index (χ2v) is 4.30. The van der Waals surface area contributed by atoms with E-state index in [9.17, 15) is 0 Å². The molecular weight excluding hydrogens is 195 g/mol. The van der Waals surface area contributed by atoms with Crippen molar-refractivity contribution in [2.45, 2.75) is 37.1 Å². The number of rotatable bonds is 4. The number of hydrogen-bond donors (Lipinski definition) is 0. The molecule has 0 aromatic heterocycles. The molecule has 86 valence electrons. The van der Waals surface area contributed by atoms with Gasteiger partial charge < -0.3 is 18.9 Å². The van der Waals surface area contributed by atoms with Crippen LogP contribution in [-0.4, -0.2) is 58.5 Å². The Labute approximate surface area is 91.5 Å². The van der Waals surface area contributed by atoms with Crippen LogP contribution in [0.3, 0.4) is 0 Å². The molecule has 0 amide bonds. The van der Waals surface area contributed by atoms with Gasteiger partial charge in [0.25, 0.3) is 0 Å². The fraction of sp³-hybridized carbons (Fsp3) is 1.00. The first-order chi connectivity index (χ1) is 7.27. The van der Waals surface area contributed by atoms with Crippen molar-refractivity contribution in [3.63, 3.8) is 0 Å². The Balaban J connectivity index is 2.20. The Hall–Kier alpha value is -0.0951. The maximum absolute atomic E-state index is 6.09. The van der Waals surface area contributed by atoms with E-state index >= 15 is 0 Å². The van der Waals surface area contributed by atoms with Gasteiger partial charge in [-0.05, 0) is 0 Å². The summed E-state index contributed by atoms with van der Waals surface area (Å²) >= 11 is 0. The van der Waals surface area contributed by atoms with Gasteiger partial charge >= 0.3 is 0 Å². The van der Waals surface area contributed by atoms with E-state index in [1.807, 2.05) is 0 Å². The van der Waals surface area contributed by atoms with Gasteiger partial charge in [-0.2, -0.15) is 0 Å². The monoisotopic (exact) mass is 214 g/mol. The van der Waals surface area contributed by atoms with Gasteiger partial charge in [0.1, 0.15) is 17.8 Å². The van der Waals surface area contributed by atoms with E-state index < -0.39 is 0 Å². The van der Waals surface area contributed by atoms with Crippen molar-refractivity contribution in [3.8, 4) is 0 Å². The molecule has 2 saturated heterocycles. The maximum atomic E-state index is 6.09. The zero-order valence-corrected chi connectivity index (χ0v) is 9.69. The van der Waals surface area contributed by atoms with Crippen LogP contribution in [0.4, 0.5) is 0 Å². The molecule has 4 atom stereocenters. The summed E-state index contributed by atoms with van der Waals surface area (Å²) in [5.74, 6) is 0. The fourth-order valence-electron chi connectivity index (χ4n) is 2.79. The minimum Gasteiger partial charge on any atom is -0.382 e. The van der Waals surface area contributed by atoms with Crippen molar-refractivity contribution < 1.29 is 18.9 Å². The lowest BCUT2D eigenvalue weighted by Gasteiger charge is -2.37. The van der Waals surface area contributed by atoms with Crippen LogP contribution in [0, 0.1) is 0 Å². The predicted molar refractivity (Wildman–Crippen MR) is 57.6 cm³/mol. The zero-order valence-electron chi connectivity index (χ0n) is 9.69. The van der Waals surface area contributed by atoms with Gasteiger partial charge in [0.05, 0.1) is 19.2 Å². The Morgan fingerprint density at radius 3 is 2.87 bits per heavy atom. The highest BCUT2D eigenvalue weighted by atomic mass is 16.6. The Bertz CT molecular complexity index is 221. The van der Waals surface area contributed by atoms with Gasteiger partial charge in [0.2, 0.25) is 0 Å². The minimum absolute atomic E-state index is 0.0103. The van der Waals surface area contributed by atoms with Crippen molar-refractivity contribution in [1.82, 2.24) is 0 Å². The van der Waals surface area contributed by atoms with Gasteiger partial charge in [-0.1, -0.05) is 6.82 Å². The molecule has 15 heavy (non-hydrogen) atoms. The molecule has 3 unspecified atom stereocenters. The highest BCUT2D eigenvalue weighted by molar-refractivity contribution is 6.35. The van der Waals surface area contributed by atoms with Crippen LogP contribution in [0.15, 0.2) is 0 Å². The van der Waals surface area contributed by atoms with Crippen LogP contribution >= 0.6 is 0 Å². The van der Waals surface area contributed by atoms with E-state index in [2.05, 4.69) is 6.82 Å². The van der Waals surface area contributed by atoms with Gasteiger partial charge in [-0.3, -0.25) is 0 Å². The third-order valence-electron chi connectivity index (χ3n) is 3.45. The second kappa shape index (κ2) is 4.41. The molecule has 4 nitrogen and oxygen atoms in total. The first kappa shape index (κ1) is 11.4.